The molecule has 0 saturated carbocycles. The number of rotatable bonds is 1. The topological polar surface area (TPSA) is 56.7 Å². The number of hydrogen-bond acceptors (Lipinski definition) is 3. The van der Waals surface area contributed by atoms with E-state index in [1.54, 1.807) is 0 Å². The Labute approximate surface area is 89.9 Å². The molecule has 0 unspecified atom stereocenters. The van der Waals surface area contributed by atoms with Crippen molar-refractivity contribution >= 4 is 21.7 Å². The predicted octanol–water partition coefficient (Wildman–Crippen LogP) is 1.92. The van der Waals surface area contributed by atoms with E-state index in [9.17, 15) is 0 Å². The molecular weight excluding hydrogens is 244 g/mol. The smallest absolute Gasteiger partial charge is 0.166 e. The lowest BCUT2D eigenvalue weighted by molar-refractivity contribution is 0.749. The zero-order valence-corrected chi connectivity index (χ0v) is 9.19. The standard InChI is InChI=1S/C9H9BrN4/c1-6-2-3-7(10)4-8(6)14-12-5-9(11)13-14/h2-5H,1H3,(H2,11,13). The maximum absolute atomic E-state index is 5.50. The highest BCUT2D eigenvalue weighted by Crippen LogP contribution is 2.18. The van der Waals surface area contributed by atoms with E-state index in [0.29, 0.717) is 5.82 Å². The second-order valence-electron chi connectivity index (χ2n) is 2.99. The Hall–Kier alpha value is -1.36. The number of anilines is 1. The Bertz CT molecular complexity index is 464. The van der Waals surface area contributed by atoms with E-state index in [4.69, 9.17) is 5.73 Å². The van der Waals surface area contributed by atoms with Gasteiger partial charge in [0.15, 0.2) is 5.82 Å². The first kappa shape index (κ1) is 9.21. The van der Waals surface area contributed by atoms with Gasteiger partial charge in [0.2, 0.25) is 0 Å². The number of halogens is 1. The quantitative estimate of drug-likeness (QED) is 0.844. The van der Waals surface area contributed by atoms with Crippen molar-refractivity contribution in [2.45, 2.75) is 6.92 Å². The zero-order valence-electron chi connectivity index (χ0n) is 7.61. The molecule has 0 atom stereocenters. The number of nitrogens with two attached hydrogens (primary N) is 1. The van der Waals surface area contributed by atoms with E-state index in [0.717, 1.165) is 15.7 Å². The second kappa shape index (κ2) is 3.42. The van der Waals surface area contributed by atoms with Crippen LogP contribution in [-0.2, 0) is 0 Å². The zero-order chi connectivity index (χ0) is 10.1. The van der Waals surface area contributed by atoms with E-state index < -0.39 is 0 Å². The lowest BCUT2D eigenvalue weighted by atomic mass is 10.2. The summed E-state index contributed by atoms with van der Waals surface area (Å²) in [5, 5.41) is 8.09. The molecule has 2 aromatic rings. The third-order valence-corrected chi connectivity index (χ3v) is 2.39. The van der Waals surface area contributed by atoms with Crippen molar-refractivity contribution in [3.63, 3.8) is 0 Å². The fourth-order valence-electron chi connectivity index (χ4n) is 1.19. The van der Waals surface area contributed by atoms with Crippen molar-refractivity contribution in [2.24, 2.45) is 0 Å². The van der Waals surface area contributed by atoms with E-state index >= 15 is 0 Å². The Balaban J connectivity index is 2.55. The van der Waals surface area contributed by atoms with Crippen molar-refractivity contribution < 1.29 is 0 Å². The maximum atomic E-state index is 5.50. The molecule has 72 valence electrons. The van der Waals surface area contributed by atoms with Crippen LogP contribution in [0.4, 0.5) is 5.82 Å². The number of hydrogen-bond donors (Lipinski definition) is 1. The monoisotopic (exact) mass is 252 g/mol. The molecule has 1 aromatic carbocycles. The van der Waals surface area contributed by atoms with Gasteiger partial charge in [0.05, 0.1) is 11.9 Å². The lowest BCUT2D eigenvalue weighted by Crippen LogP contribution is -2.01. The average molecular weight is 253 g/mol. The summed E-state index contributed by atoms with van der Waals surface area (Å²) in [6, 6.07) is 5.93. The Morgan fingerprint density at radius 2 is 2.21 bits per heavy atom. The number of nitrogens with zero attached hydrogens (tertiary/aromatic N) is 3. The summed E-state index contributed by atoms with van der Waals surface area (Å²) >= 11 is 3.40. The van der Waals surface area contributed by atoms with E-state index in [2.05, 4.69) is 26.1 Å². The highest BCUT2D eigenvalue weighted by molar-refractivity contribution is 9.10. The van der Waals surface area contributed by atoms with Gasteiger partial charge in [-0.2, -0.15) is 5.10 Å². The van der Waals surface area contributed by atoms with Gasteiger partial charge in [-0.25, -0.2) is 0 Å². The first-order chi connectivity index (χ1) is 6.66. The van der Waals surface area contributed by atoms with Crippen LogP contribution in [0, 0.1) is 6.92 Å². The summed E-state index contributed by atoms with van der Waals surface area (Å²) in [4.78, 5) is 1.52. The van der Waals surface area contributed by atoms with Crippen LogP contribution in [0.5, 0.6) is 0 Å². The summed E-state index contributed by atoms with van der Waals surface area (Å²) in [7, 11) is 0. The fourth-order valence-corrected chi connectivity index (χ4v) is 1.54. The first-order valence-electron chi connectivity index (χ1n) is 4.11. The van der Waals surface area contributed by atoms with Gasteiger partial charge in [-0.05, 0) is 24.6 Å². The van der Waals surface area contributed by atoms with Crippen LogP contribution >= 0.6 is 15.9 Å². The highest BCUT2D eigenvalue weighted by Gasteiger charge is 2.04. The molecule has 1 heterocycles. The van der Waals surface area contributed by atoms with Gasteiger partial charge >= 0.3 is 0 Å². The molecule has 0 bridgehead atoms. The molecule has 0 amide bonds. The molecule has 0 fully saturated rings. The maximum Gasteiger partial charge on any atom is 0.166 e. The van der Waals surface area contributed by atoms with Gasteiger partial charge in [0.25, 0.3) is 0 Å². The third-order valence-electron chi connectivity index (χ3n) is 1.90. The average Bonchev–Trinajstić information content (AvgIpc) is 2.56. The molecule has 0 radical (unpaired) electrons. The molecule has 5 heteroatoms. The van der Waals surface area contributed by atoms with Crippen molar-refractivity contribution in [3.05, 3.63) is 34.4 Å². The largest absolute Gasteiger partial charge is 0.381 e. The van der Waals surface area contributed by atoms with Crippen molar-refractivity contribution in [1.82, 2.24) is 15.0 Å². The van der Waals surface area contributed by atoms with Crippen molar-refractivity contribution in [1.29, 1.82) is 0 Å². The molecule has 2 rings (SSSR count). The predicted molar refractivity (Wildman–Crippen MR) is 58.2 cm³/mol. The summed E-state index contributed by atoms with van der Waals surface area (Å²) in [6.45, 7) is 2.00. The van der Waals surface area contributed by atoms with E-state index in [-0.39, 0.29) is 0 Å². The Kier molecular flexibility index (Phi) is 2.25. The fraction of sp³-hybridized carbons (Fsp3) is 0.111. The minimum absolute atomic E-state index is 0.421. The van der Waals surface area contributed by atoms with Crippen LogP contribution in [-0.4, -0.2) is 15.0 Å². The van der Waals surface area contributed by atoms with Crippen molar-refractivity contribution in [3.8, 4) is 5.69 Å². The van der Waals surface area contributed by atoms with Gasteiger partial charge in [-0.3, -0.25) is 0 Å². The lowest BCUT2D eigenvalue weighted by Gasteiger charge is -2.03. The SMILES string of the molecule is Cc1ccc(Br)cc1-n1ncc(N)n1. The van der Waals surface area contributed by atoms with Crippen LogP contribution < -0.4 is 5.73 Å². The highest BCUT2D eigenvalue weighted by atomic mass is 79.9. The van der Waals surface area contributed by atoms with E-state index in [1.165, 1.54) is 11.0 Å². The summed E-state index contributed by atoms with van der Waals surface area (Å²) in [5.41, 5.74) is 7.53. The number of nitrogen functional groups attached to an aromatic ring is 1. The molecule has 0 aliphatic carbocycles. The molecule has 0 saturated heterocycles. The molecule has 0 aliphatic heterocycles. The van der Waals surface area contributed by atoms with Gasteiger partial charge in [0.1, 0.15) is 0 Å². The summed E-state index contributed by atoms with van der Waals surface area (Å²) in [5.74, 6) is 0.421. The normalized spacial score (nSPS) is 10.4. The molecule has 2 N–H and O–H groups in total. The minimum atomic E-state index is 0.421. The third kappa shape index (κ3) is 1.63. The molecular formula is C9H9BrN4. The summed E-state index contributed by atoms with van der Waals surface area (Å²) in [6.07, 6.45) is 1.53. The minimum Gasteiger partial charge on any atom is -0.381 e. The Morgan fingerprint density at radius 3 is 2.86 bits per heavy atom. The summed E-state index contributed by atoms with van der Waals surface area (Å²) < 4.78 is 0.994. The van der Waals surface area contributed by atoms with Crippen LogP contribution in [0.25, 0.3) is 5.69 Å². The van der Waals surface area contributed by atoms with Gasteiger partial charge in [-0.1, -0.05) is 22.0 Å². The molecule has 0 spiro atoms. The van der Waals surface area contributed by atoms with Crippen molar-refractivity contribution in [2.75, 3.05) is 5.73 Å². The number of aromatic nitrogens is 3. The first-order valence-corrected chi connectivity index (χ1v) is 4.90. The number of aryl methyl sites for hydroxylation is 1. The van der Waals surface area contributed by atoms with Gasteiger partial charge in [0, 0.05) is 4.47 Å². The molecule has 4 nitrogen and oxygen atoms in total. The van der Waals surface area contributed by atoms with Crippen LogP contribution in [0.3, 0.4) is 0 Å². The van der Waals surface area contributed by atoms with Gasteiger partial charge in [-0.15, -0.1) is 9.90 Å². The Morgan fingerprint density at radius 1 is 1.43 bits per heavy atom. The van der Waals surface area contributed by atoms with Gasteiger partial charge < -0.3 is 5.73 Å². The molecule has 1 aromatic heterocycles. The second-order valence-corrected chi connectivity index (χ2v) is 3.91. The molecule has 14 heavy (non-hydrogen) atoms. The molecule has 0 aliphatic rings. The van der Waals surface area contributed by atoms with Crippen LogP contribution in [0.1, 0.15) is 5.56 Å². The van der Waals surface area contributed by atoms with Crippen LogP contribution in [0.15, 0.2) is 28.9 Å². The van der Waals surface area contributed by atoms with E-state index in [1.807, 2.05) is 25.1 Å². The number of benzene rings is 1. The van der Waals surface area contributed by atoms with Crippen LogP contribution in [0.2, 0.25) is 0 Å².